The Morgan fingerprint density at radius 3 is 2.63 bits per heavy atom. The number of nitrogens with one attached hydrogen (secondary N) is 1. The quantitative estimate of drug-likeness (QED) is 0.689. The van der Waals surface area contributed by atoms with Crippen molar-refractivity contribution < 1.29 is 9.53 Å². The maximum Gasteiger partial charge on any atom is 0.329 e. The number of nitrogens with zero attached hydrogens (tertiary/aromatic N) is 2. The number of nitrogens with two attached hydrogens (primary N) is 1. The van der Waals surface area contributed by atoms with Crippen molar-refractivity contribution >= 4 is 29.2 Å². The number of amides is 1. The van der Waals surface area contributed by atoms with Crippen LogP contribution in [0.1, 0.15) is 19.3 Å². The van der Waals surface area contributed by atoms with E-state index in [0.29, 0.717) is 37.1 Å². The Kier molecular flexibility index (Phi) is 7.58. The smallest absolute Gasteiger partial charge is 0.329 e. The molecule has 1 saturated heterocycles. The number of carbonyl (C=O) groups is 1. The summed E-state index contributed by atoms with van der Waals surface area (Å²) in [6, 6.07) is 6.77. The third-order valence-corrected chi connectivity index (χ3v) is 4.68. The molecule has 1 aromatic carbocycles. The Morgan fingerprint density at radius 1 is 1.22 bits per heavy atom. The van der Waals surface area contributed by atoms with E-state index in [-0.39, 0.29) is 31.0 Å². The molecule has 0 radical (unpaired) electrons. The summed E-state index contributed by atoms with van der Waals surface area (Å²) < 4.78 is 6.69. The number of likely N-dealkylation sites (tertiary alicyclic amines) is 1. The lowest BCUT2D eigenvalue weighted by molar-refractivity contribution is -0.134. The van der Waals surface area contributed by atoms with Crippen LogP contribution in [0, 0.1) is 0 Å². The van der Waals surface area contributed by atoms with Crippen molar-refractivity contribution in [3.63, 3.8) is 0 Å². The number of ether oxygens (including phenoxy) is 1. The molecule has 27 heavy (non-hydrogen) atoms. The minimum absolute atomic E-state index is 0. The monoisotopic (exact) mass is 396 g/mol. The van der Waals surface area contributed by atoms with E-state index in [4.69, 9.17) is 10.5 Å². The van der Waals surface area contributed by atoms with Crippen LogP contribution in [0.5, 0.6) is 0 Å². The van der Waals surface area contributed by atoms with E-state index in [9.17, 15) is 14.4 Å². The molecule has 0 atom stereocenters. The van der Waals surface area contributed by atoms with Crippen LogP contribution in [0.3, 0.4) is 0 Å². The van der Waals surface area contributed by atoms with Crippen molar-refractivity contribution in [2.45, 2.75) is 31.9 Å². The van der Waals surface area contributed by atoms with Crippen LogP contribution < -0.4 is 17.0 Å². The van der Waals surface area contributed by atoms with Gasteiger partial charge >= 0.3 is 5.69 Å². The molecule has 0 unspecified atom stereocenters. The van der Waals surface area contributed by atoms with Gasteiger partial charge in [-0.25, -0.2) is 4.79 Å². The minimum atomic E-state index is -0.568. The molecule has 0 bridgehead atoms. The van der Waals surface area contributed by atoms with Gasteiger partial charge in [0.2, 0.25) is 5.91 Å². The number of halogens is 1. The number of benzene rings is 1. The SMILES string of the molecule is Cl.NCCCOC1CCN(C(=O)Cn2c(=O)[nH]c3ccccc3c2=O)CC1. The Balaban J connectivity index is 0.00000261. The zero-order chi connectivity index (χ0) is 18.5. The van der Waals surface area contributed by atoms with Crippen molar-refractivity contribution in [2.24, 2.45) is 5.73 Å². The number of hydrogen-bond donors (Lipinski definition) is 2. The predicted molar refractivity (Wildman–Crippen MR) is 105 cm³/mol. The van der Waals surface area contributed by atoms with Gasteiger partial charge in [-0.05, 0) is 37.9 Å². The third kappa shape index (κ3) is 4.97. The highest BCUT2D eigenvalue weighted by Gasteiger charge is 2.24. The highest BCUT2D eigenvalue weighted by atomic mass is 35.5. The molecule has 1 fully saturated rings. The van der Waals surface area contributed by atoms with Crippen LogP contribution in [0.4, 0.5) is 0 Å². The maximum absolute atomic E-state index is 12.5. The third-order valence-electron chi connectivity index (χ3n) is 4.68. The van der Waals surface area contributed by atoms with Crippen LogP contribution in [0.25, 0.3) is 10.9 Å². The van der Waals surface area contributed by atoms with Crippen molar-refractivity contribution in [2.75, 3.05) is 26.2 Å². The second kappa shape index (κ2) is 9.68. The molecular formula is C18H25ClN4O4. The molecule has 1 aliphatic heterocycles. The average Bonchev–Trinajstić information content (AvgIpc) is 2.66. The zero-order valence-corrected chi connectivity index (χ0v) is 15.9. The van der Waals surface area contributed by atoms with E-state index in [1.165, 1.54) is 0 Å². The summed E-state index contributed by atoms with van der Waals surface area (Å²) in [4.78, 5) is 41.6. The number of para-hydroxylation sites is 1. The van der Waals surface area contributed by atoms with Gasteiger partial charge in [-0.15, -0.1) is 12.4 Å². The molecule has 2 heterocycles. The molecule has 3 N–H and O–H groups in total. The summed E-state index contributed by atoms with van der Waals surface area (Å²) >= 11 is 0. The largest absolute Gasteiger partial charge is 0.378 e. The lowest BCUT2D eigenvalue weighted by atomic mass is 10.1. The second-order valence-electron chi connectivity index (χ2n) is 6.46. The number of aromatic amines is 1. The van der Waals surface area contributed by atoms with E-state index in [0.717, 1.165) is 23.8 Å². The molecule has 0 spiro atoms. The first-order valence-electron chi connectivity index (χ1n) is 8.91. The Morgan fingerprint density at radius 2 is 1.93 bits per heavy atom. The standard InChI is InChI=1S/C18H24N4O4.ClH/c19-8-3-11-26-13-6-9-21(10-7-13)16(23)12-22-17(24)14-4-1-2-5-15(14)20-18(22)25;/h1-2,4-5,13H,3,6-12,19H2,(H,20,25);1H. The highest BCUT2D eigenvalue weighted by molar-refractivity contribution is 5.85. The lowest BCUT2D eigenvalue weighted by Gasteiger charge is -2.32. The van der Waals surface area contributed by atoms with Crippen molar-refractivity contribution in [1.29, 1.82) is 0 Å². The molecule has 2 aromatic rings. The maximum atomic E-state index is 12.5. The number of fused-ring (bicyclic) bond motifs is 1. The van der Waals surface area contributed by atoms with E-state index < -0.39 is 11.2 Å². The van der Waals surface area contributed by atoms with Gasteiger partial charge in [0, 0.05) is 19.7 Å². The minimum Gasteiger partial charge on any atom is -0.378 e. The van der Waals surface area contributed by atoms with Crippen LogP contribution in [-0.2, 0) is 16.1 Å². The molecule has 1 amide bonds. The number of rotatable bonds is 6. The van der Waals surface area contributed by atoms with Gasteiger partial charge in [0.1, 0.15) is 6.54 Å². The second-order valence-corrected chi connectivity index (χ2v) is 6.46. The van der Waals surface area contributed by atoms with Crippen molar-refractivity contribution in [3.8, 4) is 0 Å². The lowest BCUT2D eigenvalue weighted by Crippen LogP contribution is -2.46. The Labute approximate surface area is 162 Å². The Bertz CT molecular complexity index is 887. The highest BCUT2D eigenvalue weighted by Crippen LogP contribution is 2.14. The van der Waals surface area contributed by atoms with E-state index in [1.54, 1.807) is 29.2 Å². The number of H-pyrrole nitrogens is 1. The normalized spacial score (nSPS) is 14.9. The summed E-state index contributed by atoms with van der Waals surface area (Å²) in [5.41, 5.74) is 4.91. The fourth-order valence-electron chi connectivity index (χ4n) is 3.18. The number of carbonyl (C=O) groups excluding carboxylic acids is 1. The topological polar surface area (TPSA) is 110 Å². The summed E-state index contributed by atoms with van der Waals surface area (Å²) in [6.07, 6.45) is 2.46. The fraction of sp³-hybridized carbons (Fsp3) is 0.500. The van der Waals surface area contributed by atoms with Gasteiger partial charge in [0.25, 0.3) is 5.56 Å². The molecule has 3 rings (SSSR count). The van der Waals surface area contributed by atoms with Crippen LogP contribution >= 0.6 is 12.4 Å². The van der Waals surface area contributed by atoms with E-state index >= 15 is 0 Å². The van der Waals surface area contributed by atoms with Gasteiger partial charge in [-0.1, -0.05) is 12.1 Å². The van der Waals surface area contributed by atoms with Gasteiger partial charge in [-0.3, -0.25) is 14.2 Å². The van der Waals surface area contributed by atoms with E-state index in [1.807, 2.05) is 0 Å². The van der Waals surface area contributed by atoms with Crippen molar-refractivity contribution in [1.82, 2.24) is 14.5 Å². The zero-order valence-electron chi connectivity index (χ0n) is 15.1. The molecular weight excluding hydrogens is 372 g/mol. The first-order valence-corrected chi connectivity index (χ1v) is 8.91. The van der Waals surface area contributed by atoms with Gasteiger partial charge in [0.05, 0.1) is 17.0 Å². The summed E-state index contributed by atoms with van der Waals surface area (Å²) in [5.74, 6) is -0.228. The molecule has 0 saturated carbocycles. The molecule has 8 nitrogen and oxygen atoms in total. The van der Waals surface area contributed by atoms with Crippen LogP contribution in [0.2, 0.25) is 0 Å². The molecule has 1 aromatic heterocycles. The van der Waals surface area contributed by atoms with E-state index in [2.05, 4.69) is 4.98 Å². The first-order chi connectivity index (χ1) is 12.6. The number of hydrogen-bond acceptors (Lipinski definition) is 5. The predicted octanol–water partition coefficient (Wildman–Crippen LogP) is 0.468. The van der Waals surface area contributed by atoms with Crippen LogP contribution in [-0.4, -0.2) is 52.7 Å². The summed E-state index contributed by atoms with van der Waals surface area (Å²) in [5, 5.41) is 0.395. The van der Waals surface area contributed by atoms with Gasteiger partial charge in [-0.2, -0.15) is 0 Å². The van der Waals surface area contributed by atoms with Gasteiger partial charge < -0.3 is 20.4 Å². The average molecular weight is 397 g/mol. The number of aromatic nitrogens is 2. The Hall–Kier alpha value is -2.16. The fourth-order valence-corrected chi connectivity index (χ4v) is 3.18. The molecule has 0 aliphatic carbocycles. The number of piperidine rings is 1. The summed E-state index contributed by atoms with van der Waals surface area (Å²) in [6.45, 7) is 2.11. The first kappa shape index (κ1) is 21.1. The molecule has 9 heteroatoms. The summed E-state index contributed by atoms with van der Waals surface area (Å²) in [7, 11) is 0. The van der Waals surface area contributed by atoms with Crippen LogP contribution in [0.15, 0.2) is 33.9 Å². The van der Waals surface area contributed by atoms with Crippen molar-refractivity contribution in [3.05, 3.63) is 45.1 Å². The molecule has 1 aliphatic rings. The van der Waals surface area contributed by atoms with Gasteiger partial charge in [0.15, 0.2) is 0 Å². The molecule has 148 valence electrons.